The van der Waals surface area contributed by atoms with Crippen molar-refractivity contribution in [2.75, 3.05) is 17.7 Å². The first-order valence-corrected chi connectivity index (χ1v) is 9.42. The molecule has 26 heavy (non-hydrogen) atoms. The third-order valence-electron chi connectivity index (χ3n) is 4.02. The summed E-state index contributed by atoms with van der Waals surface area (Å²) in [5, 5.41) is 3.97. The maximum atomic E-state index is 12.6. The highest BCUT2D eigenvalue weighted by atomic mass is 32.2. The number of anilines is 1. The highest BCUT2D eigenvalue weighted by Crippen LogP contribution is 2.30. The van der Waals surface area contributed by atoms with Crippen molar-refractivity contribution in [2.24, 2.45) is 0 Å². The lowest BCUT2D eigenvalue weighted by Crippen LogP contribution is -2.14. The summed E-state index contributed by atoms with van der Waals surface area (Å²) >= 11 is 1.76. The van der Waals surface area contributed by atoms with Gasteiger partial charge in [-0.1, -0.05) is 23.9 Å². The number of nitrogens with one attached hydrogen (secondary N) is 1. The largest absolute Gasteiger partial charge is 0.477 e. The number of carbonyl (C=O) groups excluding carboxylic acids is 1. The van der Waals surface area contributed by atoms with Gasteiger partial charge in [0.2, 0.25) is 5.88 Å². The molecule has 4 rings (SSSR count). The van der Waals surface area contributed by atoms with Crippen LogP contribution in [-0.4, -0.2) is 32.8 Å². The Morgan fingerprint density at radius 1 is 1.35 bits per heavy atom. The van der Waals surface area contributed by atoms with Gasteiger partial charge < -0.3 is 14.6 Å². The topological polar surface area (TPSA) is 69.0 Å². The summed E-state index contributed by atoms with van der Waals surface area (Å²) in [6.45, 7) is 3.31. The van der Waals surface area contributed by atoms with Crippen LogP contribution in [0.5, 0.6) is 5.88 Å². The lowest BCUT2D eigenvalue weighted by Gasteiger charge is -2.10. The van der Waals surface area contributed by atoms with Crippen LogP contribution < -0.4 is 10.1 Å². The lowest BCUT2D eigenvalue weighted by atomic mass is 10.1. The standard InChI is InChI=1S/C19H18N4O2S/c1-2-25-18-15(7-4-8-20-18)17(24)21-14-6-3-5-13(11-14)16-12-23-9-10-26-19(23)22-16/h3-8,11-12H,2,9-10H2,1H3,(H,21,24). The summed E-state index contributed by atoms with van der Waals surface area (Å²) in [6, 6.07) is 11.1. The second-order valence-corrected chi connectivity index (χ2v) is 6.84. The Morgan fingerprint density at radius 3 is 3.12 bits per heavy atom. The summed E-state index contributed by atoms with van der Waals surface area (Å²) in [6.07, 6.45) is 3.67. The second-order valence-electron chi connectivity index (χ2n) is 5.77. The Hall–Kier alpha value is -2.80. The Labute approximate surface area is 155 Å². The molecule has 0 fully saturated rings. The van der Waals surface area contributed by atoms with Crippen LogP contribution in [0.25, 0.3) is 11.3 Å². The normalized spacial score (nSPS) is 12.7. The molecule has 132 valence electrons. The number of hydrogen-bond acceptors (Lipinski definition) is 5. The first-order valence-electron chi connectivity index (χ1n) is 8.44. The molecule has 2 aromatic heterocycles. The molecule has 1 N–H and O–H groups in total. The zero-order valence-electron chi connectivity index (χ0n) is 14.3. The van der Waals surface area contributed by atoms with Crippen LogP contribution in [0.3, 0.4) is 0 Å². The monoisotopic (exact) mass is 366 g/mol. The minimum absolute atomic E-state index is 0.249. The van der Waals surface area contributed by atoms with Crippen molar-refractivity contribution in [3.63, 3.8) is 0 Å². The van der Waals surface area contributed by atoms with Gasteiger partial charge in [0.05, 0.1) is 12.3 Å². The summed E-state index contributed by atoms with van der Waals surface area (Å²) in [7, 11) is 0. The van der Waals surface area contributed by atoms with Crippen molar-refractivity contribution >= 4 is 23.4 Å². The number of aryl methyl sites for hydroxylation is 1. The molecule has 0 saturated heterocycles. The molecule has 0 spiro atoms. The number of thioether (sulfide) groups is 1. The number of carbonyl (C=O) groups is 1. The van der Waals surface area contributed by atoms with Gasteiger partial charge in [-0.2, -0.15) is 0 Å². The van der Waals surface area contributed by atoms with Crippen molar-refractivity contribution in [3.05, 3.63) is 54.4 Å². The number of pyridine rings is 1. The fourth-order valence-corrected chi connectivity index (χ4v) is 3.76. The number of amides is 1. The van der Waals surface area contributed by atoms with Gasteiger partial charge in [0.15, 0.2) is 5.16 Å². The molecule has 6 nitrogen and oxygen atoms in total. The van der Waals surface area contributed by atoms with Gasteiger partial charge in [-0.25, -0.2) is 9.97 Å². The van der Waals surface area contributed by atoms with Crippen LogP contribution in [-0.2, 0) is 6.54 Å². The molecule has 1 aliphatic heterocycles. The highest BCUT2D eigenvalue weighted by Gasteiger charge is 2.16. The molecule has 0 bridgehead atoms. The Balaban J connectivity index is 1.56. The average molecular weight is 366 g/mol. The van der Waals surface area contributed by atoms with E-state index < -0.39 is 0 Å². The molecule has 3 aromatic rings. The number of aromatic nitrogens is 3. The molecule has 0 radical (unpaired) electrons. The lowest BCUT2D eigenvalue weighted by molar-refractivity contribution is 0.102. The molecule has 0 aliphatic carbocycles. The van der Waals surface area contributed by atoms with Gasteiger partial charge in [0, 0.05) is 35.9 Å². The van der Waals surface area contributed by atoms with E-state index in [1.165, 1.54) is 0 Å². The van der Waals surface area contributed by atoms with E-state index >= 15 is 0 Å². The van der Waals surface area contributed by atoms with Crippen molar-refractivity contribution in [1.29, 1.82) is 0 Å². The summed E-state index contributed by atoms with van der Waals surface area (Å²) in [4.78, 5) is 21.4. The van der Waals surface area contributed by atoms with Crippen molar-refractivity contribution in [3.8, 4) is 17.1 Å². The molecular weight excluding hydrogens is 348 g/mol. The number of hydrogen-bond donors (Lipinski definition) is 1. The average Bonchev–Trinajstić information content (AvgIpc) is 3.25. The van der Waals surface area contributed by atoms with E-state index in [2.05, 4.69) is 26.0 Å². The Morgan fingerprint density at radius 2 is 2.27 bits per heavy atom. The van der Waals surface area contributed by atoms with Crippen molar-refractivity contribution in [1.82, 2.24) is 14.5 Å². The minimum Gasteiger partial charge on any atom is -0.477 e. The number of imidazole rings is 1. The van der Waals surface area contributed by atoms with Crippen molar-refractivity contribution in [2.45, 2.75) is 18.6 Å². The zero-order chi connectivity index (χ0) is 17.9. The molecule has 1 amide bonds. The fraction of sp³-hybridized carbons (Fsp3) is 0.211. The van der Waals surface area contributed by atoms with Gasteiger partial charge in [0.25, 0.3) is 5.91 Å². The molecule has 0 atom stereocenters. The van der Waals surface area contributed by atoms with E-state index in [9.17, 15) is 4.79 Å². The maximum Gasteiger partial charge on any atom is 0.261 e. The Kier molecular flexibility index (Phi) is 4.62. The van der Waals surface area contributed by atoms with Crippen LogP contribution in [0.15, 0.2) is 53.9 Å². The van der Waals surface area contributed by atoms with Crippen LogP contribution in [0.2, 0.25) is 0 Å². The van der Waals surface area contributed by atoms with E-state index in [1.54, 1.807) is 30.1 Å². The van der Waals surface area contributed by atoms with Crippen LogP contribution >= 0.6 is 11.8 Å². The maximum absolute atomic E-state index is 12.6. The van der Waals surface area contributed by atoms with Crippen LogP contribution in [0, 0.1) is 0 Å². The summed E-state index contributed by atoms with van der Waals surface area (Å²) < 4.78 is 7.60. The molecule has 1 aliphatic rings. The van der Waals surface area contributed by atoms with Gasteiger partial charge >= 0.3 is 0 Å². The van der Waals surface area contributed by atoms with E-state index in [1.807, 2.05) is 31.2 Å². The number of benzene rings is 1. The molecular formula is C19H18N4O2S. The first-order chi connectivity index (χ1) is 12.7. The van der Waals surface area contributed by atoms with Crippen LogP contribution in [0.1, 0.15) is 17.3 Å². The predicted octanol–water partition coefficient (Wildman–Crippen LogP) is 3.70. The molecule has 7 heteroatoms. The number of fused-ring (bicyclic) bond motifs is 1. The summed E-state index contributed by atoms with van der Waals surface area (Å²) in [5.41, 5.74) is 3.01. The minimum atomic E-state index is -0.249. The first kappa shape index (κ1) is 16.7. The van der Waals surface area contributed by atoms with E-state index in [0.717, 1.165) is 28.7 Å². The molecule has 0 unspecified atom stereocenters. The zero-order valence-corrected chi connectivity index (χ0v) is 15.1. The smallest absolute Gasteiger partial charge is 0.261 e. The predicted molar refractivity (Wildman–Crippen MR) is 102 cm³/mol. The number of nitrogens with zero attached hydrogens (tertiary/aromatic N) is 3. The Bertz CT molecular complexity index is 933. The van der Waals surface area contributed by atoms with Gasteiger partial charge in [-0.15, -0.1) is 0 Å². The number of rotatable bonds is 5. The van der Waals surface area contributed by atoms with Crippen molar-refractivity contribution < 1.29 is 9.53 Å². The third kappa shape index (κ3) is 3.30. The van der Waals surface area contributed by atoms with Gasteiger partial charge in [-0.05, 0) is 31.2 Å². The molecule has 1 aromatic carbocycles. The van der Waals surface area contributed by atoms with E-state index in [4.69, 9.17) is 4.74 Å². The third-order valence-corrected chi connectivity index (χ3v) is 4.99. The molecule has 0 saturated carbocycles. The van der Waals surface area contributed by atoms with Gasteiger partial charge in [0.1, 0.15) is 5.56 Å². The van der Waals surface area contributed by atoms with Crippen LogP contribution in [0.4, 0.5) is 5.69 Å². The summed E-state index contributed by atoms with van der Waals surface area (Å²) in [5.74, 6) is 1.17. The quantitative estimate of drug-likeness (QED) is 0.746. The fourth-order valence-electron chi connectivity index (χ4n) is 2.82. The second kappa shape index (κ2) is 7.21. The number of ether oxygens (including phenoxy) is 1. The SMILES string of the molecule is CCOc1ncccc1C(=O)Nc1cccc(-c2cn3c(n2)SCC3)c1. The molecule has 3 heterocycles. The highest BCUT2D eigenvalue weighted by molar-refractivity contribution is 7.99. The van der Waals surface area contributed by atoms with Gasteiger partial charge in [-0.3, -0.25) is 4.79 Å². The van der Waals surface area contributed by atoms with E-state index in [-0.39, 0.29) is 5.91 Å². The van der Waals surface area contributed by atoms with E-state index in [0.29, 0.717) is 23.7 Å².